The van der Waals surface area contributed by atoms with Crippen LogP contribution in [0.2, 0.25) is 0 Å². The van der Waals surface area contributed by atoms with Crippen molar-refractivity contribution in [3.63, 3.8) is 0 Å². The second-order valence-electron chi connectivity index (χ2n) is 5.67. The van der Waals surface area contributed by atoms with E-state index < -0.39 is 0 Å². The molecule has 2 unspecified atom stereocenters. The van der Waals surface area contributed by atoms with E-state index in [2.05, 4.69) is 36.5 Å². The minimum atomic E-state index is -0.107. The number of benzene rings is 1. The summed E-state index contributed by atoms with van der Waals surface area (Å²) in [4.78, 5) is 14.4. The molecule has 0 spiro atoms. The third kappa shape index (κ3) is 3.83. The maximum Gasteiger partial charge on any atom is 0.239 e. The summed E-state index contributed by atoms with van der Waals surface area (Å²) in [6.45, 7) is 6.03. The van der Waals surface area contributed by atoms with Crippen LogP contribution >= 0.6 is 0 Å². The summed E-state index contributed by atoms with van der Waals surface area (Å²) in [7, 11) is 0. The van der Waals surface area contributed by atoms with Gasteiger partial charge in [0.1, 0.15) is 0 Å². The van der Waals surface area contributed by atoms with Crippen molar-refractivity contribution in [3.05, 3.63) is 35.9 Å². The molecule has 1 aliphatic rings. The molecule has 0 aliphatic carbocycles. The standard InChI is InChI=1S/C17H26N2O/c1-3-9-16(15-10-5-4-6-11-15)18-14(2)17(20)19-12-7-8-13-19/h4-6,10-11,14,16,18H,3,7-9,12-13H2,1-2H3. The number of carbonyl (C=O) groups excluding carboxylic acids is 1. The lowest BCUT2D eigenvalue weighted by molar-refractivity contribution is -0.132. The van der Waals surface area contributed by atoms with E-state index in [9.17, 15) is 4.79 Å². The Hall–Kier alpha value is -1.35. The first-order valence-electron chi connectivity index (χ1n) is 7.82. The van der Waals surface area contributed by atoms with E-state index in [0.717, 1.165) is 38.8 Å². The maximum absolute atomic E-state index is 12.4. The van der Waals surface area contributed by atoms with Crippen LogP contribution in [0.3, 0.4) is 0 Å². The summed E-state index contributed by atoms with van der Waals surface area (Å²) >= 11 is 0. The highest BCUT2D eigenvalue weighted by Gasteiger charge is 2.25. The van der Waals surface area contributed by atoms with E-state index in [1.165, 1.54) is 5.56 Å². The second kappa shape index (κ2) is 7.44. The summed E-state index contributed by atoms with van der Waals surface area (Å²) in [6, 6.07) is 10.6. The predicted octanol–water partition coefficient (Wildman–Crippen LogP) is 3.13. The summed E-state index contributed by atoms with van der Waals surface area (Å²) in [5, 5.41) is 3.52. The minimum Gasteiger partial charge on any atom is -0.341 e. The van der Waals surface area contributed by atoms with Gasteiger partial charge >= 0.3 is 0 Å². The van der Waals surface area contributed by atoms with Crippen LogP contribution in [-0.2, 0) is 4.79 Å². The van der Waals surface area contributed by atoms with E-state index in [1.54, 1.807) is 0 Å². The Labute approximate surface area is 122 Å². The molecule has 1 heterocycles. The van der Waals surface area contributed by atoms with E-state index >= 15 is 0 Å². The summed E-state index contributed by atoms with van der Waals surface area (Å²) in [5.41, 5.74) is 1.27. The number of likely N-dealkylation sites (tertiary alicyclic amines) is 1. The van der Waals surface area contributed by atoms with Gasteiger partial charge in [-0.2, -0.15) is 0 Å². The smallest absolute Gasteiger partial charge is 0.239 e. The maximum atomic E-state index is 12.4. The largest absolute Gasteiger partial charge is 0.341 e. The van der Waals surface area contributed by atoms with E-state index in [-0.39, 0.29) is 18.0 Å². The van der Waals surface area contributed by atoms with Gasteiger partial charge in [-0.15, -0.1) is 0 Å². The molecule has 0 radical (unpaired) electrons. The van der Waals surface area contributed by atoms with Gasteiger partial charge in [0, 0.05) is 19.1 Å². The summed E-state index contributed by atoms with van der Waals surface area (Å²) in [6.07, 6.45) is 4.46. The van der Waals surface area contributed by atoms with Crippen molar-refractivity contribution >= 4 is 5.91 Å². The fraction of sp³-hybridized carbons (Fsp3) is 0.588. The normalized spacial score (nSPS) is 18.0. The fourth-order valence-corrected chi connectivity index (χ4v) is 2.90. The van der Waals surface area contributed by atoms with Crippen molar-refractivity contribution in [3.8, 4) is 0 Å². The Bertz CT molecular complexity index is 412. The summed E-state index contributed by atoms with van der Waals surface area (Å²) in [5.74, 6) is 0.250. The van der Waals surface area contributed by atoms with Crippen LogP contribution in [0.15, 0.2) is 30.3 Å². The molecular formula is C17H26N2O. The molecule has 3 nitrogen and oxygen atoms in total. The predicted molar refractivity (Wildman–Crippen MR) is 82.5 cm³/mol. The van der Waals surface area contributed by atoms with Crippen LogP contribution in [0, 0.1) is 0 Å². The lowest BCUT2D eigenvalue weighted by Crippen LogP contribution is -2.44. The topological polar surface area (TPSA) is 32.3 Å². The molecule has 1 saturated heterocycles. The molecule has 0 bridgehead atoms. The lowest BCUT2D eigenvalue weighted by atomic mass is 10.0. The molecule has 1 aromatic rings. The van der Waals surface area contributed by atoms with Gasteiger partial charge in [-0.25, -0.2) is 0 Å². The SMILES string of the molecule is CCCC(NC(C)C(=O)N1CCCC1)c1ccccc1. The zero-order valence-corrected chi connectivity index (χ0v) is 12.6. The van der Waals surface area contributed by atoms with Gasteiger partial charge in [0.2, 0.25) is 5.91 Å². The van der Waals surface area contributed by atoms with Gasteiger partial charge < -0.3 is 4.90 Å². The molecule has 0 saturated carbocycles. The summed E-state index contributed by atoms with van der Waals surface area (Å²) < 4.78 is 0. The monoisotopic (exact) mass is 274 g/mol. The van der Waals surface area contributed by atoms with Crippen LogP contribution in [0.5, 0.6) is 0 Å². The first-order chi connectivity index (χ1) is 9.72. The van der Waals surface area contributed by atoms with Crippen LogP contribution in [0.25, 0.3) is 0 Å². The molecule has 1 amide bonds. The molecule has 1 N–H and O–H groups in total. The van der Waals surface area contributed by atoms with Gasteiger partial charge in [0.05, 0.1) is 6.04 Å². The van der Waals surface area contributed by atoms with Gasteiger partial charge in [-0.3, -0.25) is 10.1 Å². The zero-order chi connectivity index (χ0) is 14.4. The quantitative estimate of drug-likeness (QED) is 0.864. The third-order valence-electron chi connectivity index (χ3n) is 4.02. The Morgan fingerprint density at radius 2 is 1.90 bits per heavy atom. The molecule has 1 fully saturated rings. The van der Waals surface area contributed by atoms with Crippen molar-refractivity contribution in [1.82, 2.24) is 10.2 Å². The van der Waals surface area contributed by atoms with E-state index in [4.69, 9.17) is 0 Å². The average molecular weight is 274 g/mol. The molecule has 110 valence electrons. The van der Waals surface area contributed by atoms with E-state index in [1.807, 2.05) is 17.9 Å². The van der Waals surface area contributed by atoms with Gasteiger partial charge in [-0.1, -0.05) is 43.7 Å². The Balaban J connectivity index is 1.98. The van der Waals surface area contributed by atoms with Crippen molar-refractivity contribution in [2.24, 2.45) is 0 Å². The number of rotatable bonds is 6. The molecule has 1 aliphatic heterocycles. The first kappa shape index (κ1) is 15.0. The first-order valence-corrected chi connectivity index (χ1v) is 7.82. The number of nitrogens with zero attached hydrogens (tertiary/aromatic N) is 1. The van der Waals surface area contributed by atoms with Gasteiger partial charge in [-0.05, 0) is 31.7 Å². The van der Waals surface area contributed by atoms with Crippen LogP contribution in [0.4, 0.5) is 0 Å². The third-order valence-corrected chi connectivity index (χ3v) is 4.02. The fourth-order valence-electron chi connectivity index (χ4n) is 2.90. The molecule has 0 aromatic heterocycles. The van der Waals surface area contributed by atoms with Crippen LogP contribution < -0.4 is 5.32 Å². The van der Waals surface area contributed by atoms with Crippen molar-refractivity contribution < 1.29 is 4.79 Å². The van der Waals surface area contributed by atoms with Crippen molar-refractivity contribution in [2.75, 3.05) is 13.1 Å². The Morgan fingerprint density at radius 3 is 2.50 bits per heavy atom. The number of hydrogen-bond donors (Lipinski definition) is 1. The van der Waals surface area contributed by atoms with Crippen LogP contribution in [-0.4, -0.2) is 29.9 Å². The zero-order valence-electron chi connectivity index (χ0n) is 12.6. The number of hydrogen-bond acceptors (Lipinski definition) is 2. The highest BCUT2D eigenvalue weighted by Crippen LogP contribution is 2.19. The average Bonchev–Trinajstić information content (AvgIpc) is 3.01. The lowest BCUT2D eigenvalue weighted by Gasteiger charge is -2.26. The molecule has 20 heavy (non-hydrogen) atoms. The van der Waals surface area contributed by atoms with Gasteiger partial charge in [0.15, 0.2) is 0 Å². The number of amides is 1. The highest BCUT2D eigenvalue weighted by atomic mass is 16.2. The van der Waals surface area contributed by atoms with E-state index in [0.29, 0.717) is 0 Å². The van der Waals surface area contributed by atoms with Crippen molar-refractivity contribution in [2.45, 2.75) is 51.6 Å². The molecule has 1 aromatic carbocycles. The second-order valence-corrected chi connectivity index (χ2v) is 5.67. The molecular weight excluding hydrogens is 248 g/mol. The molecule has 2 rings (SSSR count). The highest BCUT2D eigenvalue weighted by molar-refractivity contribution is 5.81. The molecule has 3 heteroatoms. The number of carbonyl (C=O) groups is 1. The molecule has 2 atom stereocenters. The minimum absolute atomic E-state index is 0.107. The van der Waals surface area contributed by atoms with Gasteiger partial charge in [0.25, 0.3) is 0 Å². The Kier molecular flexibility index (Phi) is 5.60. The van der Waals surface area contributed by atoms with Crippen molar-refractivity contribution in [1.29, 1.82) is 0 Å². The van der Waals surface area contributed by atoms with Crippen LogP contribution in [0.1, 0.15) is 51.1 Å². The Morgan fingerprint density at radius 1 is 1.25 bits per heavy atom. The number of nitrogens with one attached hydrogen (secondary N) is 1.